The van der Waals surface area contributed by atoms with Crippen LogP contribution in [-0.4, -0.2) is 47.6 Å². The van der Waals surface area contributed by atoms with Crippen LogP contribution in [0.4, 0.5) is 10.1 Å². The van der Waals surface area contributed by atoms with Crippen molar-refractivity contribution in [2.24, 2.45) is 0 Å². The molecule has 3 aromatic rings. The van der Waals surface area contributed by atoms with E-state index in [2.05, 4.69) is 5.32 Å². The number of ether oxygens (including phenoxy) is 2. The molecule has 170 valence electrons. The summed E-state index contributed by atoms with van der Waals surface area (Å²) in [5.41, 5.74) is 0.240. The summed E-state index contributed by atoms with van der Waals surface area (Å²) >= 11 is 0. The van der Waals surface area contributed by atoms with Crippen LogP contribution in [0.15, 0.2) is 72.8 Å². The number of carbonyl (C=O) groups is 2. The maximum Gasteiger partial charge on any atom is 0.258 e. The summed E-state index contributed by atoms with van der Waals surface area (Å²) in [5, 5.41) is 12.5. The lowest BCUT2D eigenvalue weighted by molar-refractivity contribution is -0.119. The van der Waals surface area contributed by atoms with Gasteiger partial charge in [0, 0.05) is 6.42 Å². The first-order chi connectivity index (χ1) is 16.0. The number of rotatable bonds is 6. The van der Waals surface area contributed by atoms with E-state index >= 15 is 0 Å². The predicted octanol–water partition coefficient (Wildman–Crippen LogP) is 3.84. The van der Waals surface area contributed by atoms with Crippen molar-refractivity contribution >= 4 is 17.5 Å². The molecule has 1 aliphatic rings. The van der Waals surface area contributed by atoms with E-state index in [1.54, 1.807) is 36.4 Å². The average molecular weight is 450 g/mol. The summed E-state index contributed by atoms with van der Waals surface area (Å²) < 4.78 is 25.0. The molecule has 2 N–H and O–H groups in total. The highest BCUT2D eigenvalue weighted by Gasteiger charge is 2.42. The van der Waals surface area contributed by atoms with Crippen molar-refractivity contribution in [2.75, 3.05) is 19.0 Å². The van der Waals surface area contributed by atoms with Crippen LogP contribution in [-0.2, 0) is 4.79 Å². The lowest BCUT2D eigenvalue weighted by Crippen LogP contribution is -2.43. The molecule has 1 aliphatic heterocycles. The topological polar surface area (TPSA) is 88.1 Å². The minimum Gasteiger partial charge on any atom is -0.503 e. The fourth-order valence-corrected chi connectivity index (χ4v) is 3.86. The third kappa shape index (κ3) is 4.74. The zero-order chi connectivity index (χ0) is 23.4. The molecule has 0 aromatic heterocycles. The van der Waals surface area contributed by atoms with Gasteiger partial charge in [0.25, 0.3) is 5.91 Å². The van der Waals surface area contributed by atoms with Gasteiger partial charge in [0.05, 0.1) is 24.9 Å². The van der Waals surface area contributed by atoms with Crippen molar-refractivity contribution in [2.45, 2.75) is 18.6 Å². The molecule has 2 atom stereocenters. The van der Waals surface area contributed by atoms with E-state index in [0.29, 0.717) is 17.1 Å². The third-order valence-corrected chi connectivity index (χ3v) is 5.45. The van der Waals surface area contributed by atoms with Crippen LogP contribution in [0.3, 0.4) is 0 Å². The standard InChI is InChI=1S/C25H23FN2O5/c1-32-22-13-6-5-10-18(22)25(31)28-15-17(33-16-8-3-2-4-9-16)14-21(28)24(30)27-20-12-7-11-19(26)23(20)29/h2-13,17,21,29H,14-15H2,1H3,(H,27,30). The lowest BCUT2D eigenvalue weighted by atomic mass is 10.1. The number of carbonyl (C=O) groups excluding carboxylic acids is 2. The number of hydrogen-bond donors (Lipinski definition) is 2. The van der Waals surface area contributed by atoms with Gasteiger partial charge in [-0.2, -0.15) is 0 Å². The van der Waals surface area contributed by atoms with Crippen molar-refractivity contribution < 1.29 is 28.6 Å². The number of phenols is 1. The first kappa shape index (κ1) is 22.1. The summed E-state index contributed by atoms with van der Waals surface area (Å²) in [6.07, 6.45) is -0.222. The number of nitrogens with zero attached hydrogens (tertiary/aromatic N) is 1. The van der Waals surface area contributed by atoms with Crippen LogP contribution >= 0.6 is 0 Å². The minimum atomic E-state index is -0.904. The van der Waals surface area contributed by atoms with Gasteiger partial charge in [0.15, 0.2) is 11.6 Å². The summed E-state index contributed by atoms with van der Waals surface area (Å²) in [7, 11) is 1.47. The molecule has 1 fully saturated rings. The minimum absolute atomic E-state index is 0.0721. The van der Waals surface area contributed by atoms with E-state index in [1.165, 1.54) is 24.1 Å². The number of amides is 2. The fraction of sp³-hybridized carbons (Fsp3) is 0.200. The molecule has 0 radical (unpaired) electrons. The van der Waals surface area contributed by atoms with Gasteiger partial charge in [-0.1, -0.05) is 36.4 Å². The first-order valence-corrected chi connectivity index (χ1v) is 10.4. The fourth-order valence-electron chi connectivity index (χ4n) is 3.86. The Labute approximate surface area is 190 Å². The summed E-state index contributed by atoms with van der Waals surface area (Å²) in [6, 6.07) is 18.8. The second-order valence-electron chi connectivity index (χ2n) is 7.59. The Morgan fingerprint density at radius 2 is 1.76 bits per heavy atom. The molecule has 7 nitrogen and oxygen atoms in total. The second kappa shape index (κ2) is 9.60. The summed E-state index contributed by atoms with van der Waals surface area (Å²) in [6.45, 7) is 0.166. The highest BCUT2D eigenvalue weighted by atomic mass is 19.1. The number of nitrogens with one attached hydrogen (secondary N) is 1. The maximum absolute atomic E-state index is 13.7. The van der Waals surface area contributed by atoms with Gasteiger partial charge in [0.2, 0.25) is 5.91 Å². The quantitative estimate of drug-likeness (QED) is 0.557. The molecule has 0 saturated carbocycles. The van der Waals surface area contributed by atoms with Gasteiger partial charge < -0.3 is 24.8 Å². The normalized spacial score (nSPS) is 17.5. The van der Waals surface area contributed by atoms with Crippen LogP contribution < -0.4 is 14.8 Å². The molecule has 2 amide bonds. The van der Waals surface area contributed by atoms with Crippen molar-refractivity contribution in [1.29, 1.82) is 0 Å². The van der Waals surface area contributed by atoms with Crippen LogP contribution in [0.25, 0.3) is 0 Å². The Balaban J connectivity index is 1.61. The van der Waals surface area contributed by atoms with Gasteiger partial charge in [-0.05, 0) is 36.4 Å². The van der Waals surface area contributed by atoms with Crippen molar-refractivity contribution in [1.82, 2.24) is 4.90 Å². The predicted molar refractivity (Wildman–Crippen MR) is 120 cm³/mol. The van der Waals surface area contributed by atoms with Gasteiger partial charge in [0.1, 0.15) is 23.6 Å². The Kier molecular flexibility index (Phi) is 6.44. The first-order valence-electron chi connectivity index (χ1n) is 10.4. The van der Waals surface area contributed by atoms with Crippen molar-refractivity contribution in [3.05, 3.63) is 84.2 Å². The van der Waals surface area contributed by atoms with E-state index in [9.17, 15) is 19.1 Å². The Bertz CT molecular complexity index is 1150. The van der Waals surface area contributed by atoms with Crippen LogP contribution in [0.2, 0.25) is 0 Å². The molecule has 0 bridgehead atoms. The van der Waals surface area contributed by atoms with E-state index in [1.807, 2.05) is 18.2 Å². The molecular formula is C25H23FN2O5. The second-order valence-corrected chi connectivity index (χ2v) is 7.59. The molecule has 33 heavy (non-hydrogen) atoms. The average Bonchev–Trinajstić information content (AvgIpc) is 3.26. The highest BCUT2D eigenvalue weighted by molar-refractivity contribution is 6.03. The van der Waals surface area contributed by atoms with Gasteiger partial charge >= 0.3 is 0 Å². The molecule has 4 rings (SSSR count). The van der Waals surface area contributed by atoms with Crippen LogP contribution in [0.5, 0.6) is 17.2 Å². The number of hydrogen-bond acceptors (Lipinski definition) is 5. The molecule has 2 unspecified atom stereocenters. The molecule has 1 saturated heterocycles. The summed E-state index contributed by atoms with van der Waals surface area (Å²) in [5.74, 6) is -1.46. The van der Waals surface area contributed by atoms with Gasteiger partial charge in [-0.15, -0.1) is 0 Å². The largest absolute Gasteiger partial charge is 0.503 e. The number of benzene rings is 3. The van der Waals surface area contributed by atoms with Crippen molar-refractivity contribution in [3.8, 4) is 17.2 Å². The lowest BCUT2D eigenvalue weighted by Gasteiger charge is -2.24. The van der Waals surface area contributed by atoms with E-state index in [-0.39, 0.29) is 18.7 Å². The number of para-hydroxylation sites is 3. The number of aromatic hydroxyl groups is 1. The number of halogens is 1. The maximum atomic E-state index is 13.7. The zero-order valence-corrected chi connectivity index (χ0v) is 17.9. The Morgan fingerprint density at radius 3 is 2.52 bits per heavy atom. The van der Waals surface area contributed by atoms with Crippen LogP contribution in [0, 0.1) is 5.82 Å². The number of likely N-dealkylation sites (tertiary alicyclic amines) is 1. The zero-order valence-electron chi connectivity index (χ0n) is 17.9. The Morgan fingerprint density at radius 1 is 1.03 bits per heavy atom. The molecule has 8 heteroatoms. The third-order valence-electron chi connectivity index (χ3n) is 5.45. The van der Waals surface area contributed by atoms with E-state index < -0.39 is 35.5 Å². The van der Waals surface area contributed by atoms with Crippen LogP contribution in [0.1, 0.15) is 16.8 Å². The summed E-state index contributed by atoms with van der Waals surface area (Å²) in [4.78, 5) is 28.0. The number of phenolic OH excluding ortho intramolecular Hbond substituents is 1. The molecule has 3 aromatic carbocycles. The van der Waals surface area contributed by atoms with Gasteiger partial charge in [-0.25, -0.2) is 4.39 Å². The molecule has 1 heterocycles. The van der Waals surface area contributed by atoms with Crippen molar-refractivity contribution in [3.63, 3.8) is 0 Å². The SMILES string of the molecule is COc1ccccc1C(=O)N1CC(Oc2ccccc2)CC1C(=O)Nc1cccc(F)c1O. The number of anilines is 1. The highest BCUT2D eigenvalue weighted by Crippen LogP contribution is 2.30. The molecular weight excluding hydrogens is 427 g/mol. The van der Waals surface area contributed by atoms with Gasteiger partial charge in [-0.3, -0.25) is 9.59 Å². The van der Waals surface area contributed by atoms with E-state index in [0.717, 1.165) is 6.07 Å². The number of methoxy groups -OCH3 is 1. The Hall–Kier alpha value is -4.07. The molecule has 0 aliphatic carbocycles. The van der Waals surface area contributed by atoms with E-state index in [4.69, 9.17) is 9.47 Å². The smallest absolute Gasteiger partial charge is 0.258 e. The monoisotopic (exact) mass is 450 g/mol. The molecule has 0 spiro atoms.